The van der Waals surface area contributed by atoms with Crippen molar-refractivity contribution < 1.29 is 4.42 Å². The third-order valence-corrected chi connectivity index (χ3v) is 4.14. The number of hydrogen-bond donors (Lipinski definition) is 1. The summed E-state index contributed by atoms with van der Waals surface area (Å²) in [7, 11) is 0. The van der Waals surface area contributed by atoms with E-state index < -0.39 is 0 Å². The fraction of sp³-hybridized carbons (Fsp3) is 0.0667. The quantitative estimate of drug-likeness (QED) is 0.567. The summed E-state index contributed by atoms with van der Waals surface area (Å²) < 4.78 is 7.04. The zero-order valence-corrected chi connectivity index (χ0v) is 14.7. The Labute approximate surface area is 152 Å². The summed E-state index contributed by atoms with van der Waals surface area (Å²) in [5.74, 6) is 0.342. The van der Waals surface area contributed by atoms with E-state index in [2.05, 4.69) is 10.4 Å². The second-order valence-electron chi connectivity index (χ2n) is 4.64. The normalized spacial score (nSPS) is 10.7. The Morgan fingerprint density at radius 3 is 2.43 bits per heavy atom. The van der Waals surface area contributed by atoms with Gasteiger partial charge < -0.3 is 9.73 Å². The van der Waals surface area contributed by atoms with Crippen LogP contribution < -0.4 is 5.32 Å². The molecule has 0 saturated heterocycles. The predicted octanol–water partition coefficient (Wildman–Crippen LogP) is 5.90. The molecule has 1 aromatic heterocycles. The van der Waals surface area contributed by atoms with Gasteiger partial charge in [0.1, 0.15) is 6.67 Å². The van der Waals surface area contributed by atoms with Gasteiger partial charge in [0, 0.05) is 15.7 Å². The molecule has 2 aromatic carbocycles. The Kier molecular flexibility index (Phi) is 4.92. The highest BCUT2D eigenvalue weighted by Gasteiger charge is 2.12. The van der Waals surface area contributed by atoms with Crippen LogP contribution in [-0.2, 0) is 6.67 Å². The molecule has 1 N–H and O–H groups in total. The SMILES string of the molecule is S=c1oc(-c2ccc(Cl)cc2Cl)nn1CNc1ccc(Cl)cc1. The van der Waals surface area contributed by atoms with Crippen LogP contribution in [0.5, 0.6) is 0 Å². The molecule has 0 atom stereocenters. The molecule has 23 heavy (non-hydrogen) atoms. The van der Waals surface area contributed by atoms with Crippen LogP contribution in [0.15, 0.2) is 46.9 Å². The van der Waals surface area contributed by atoms with Crippen LogP contribution in [0.1, 0.15) is 0 Å². The van der Waals surface area contributed by atoms with Crippen molar-refractivity contribution in [3.05, 3.63) is 62.4 Å². The zero-order valence-electron chi connectivity index (χ0n) is 11.6. The van der Waals surface area contributed by atoms with E-state index in [4.69, 9.17) is 51.4 Å². The van der Waals surface area contributed by atoms with E-state index >= 15 is 0 Å². The number of nitrogens with zero attached hydrogens (tertiary/aromatic N) is 2. The third kappa shape index (κ3) is 3.87. The minimum absolute atomic E-state index is 0.243. The smallest absolute Gasteiger partial charge is 0.289 e. The number of aromatic nitrogens is 2. The van der Waals surface area contributed by atoms with Gasteiger partial charge in [0.15, 0.2) is 0 Å². The van der Waals surface area contributed by atoms with Crippen LogP contribution in [-0.4, -0.2) is 9.78 Å². The van der Waals surface area contributed by atoms with Gasteiger partial charge in [-0.25, -0.2) is 4.68 Å². The zero-order chi connectivity index (χ0) is 16.4. The fourth-order valence-corrected chi connectivity index (χ4v) is 2.71. The van der Waals surface area contributed by atoms with Crippen molar-refractivity contribution in [1.82, 2.24) is 9.78 Å². The molecule has 0 aliphatic rings. The van der Waals surface area contributed by atoms with Gasteiger partial charge >= 0.3 is 0 Å². The maximum Gasteiger partial charge on any atom is 0.289 e. The van der Waals surface area contributed by atoms with Crippen molar-refractivity contribution in [1.29, 1.82) is 0 Å². The molecular formula is C15H10Cl3N3OS. The van der Waals surface area contributed by atoms with Gasteiger partial charge in [0.05, 0.1) is 10.6 Å². The lowest BCUT2D eigenvalue weighted by Gasteiger charge is -2.05. The average Bonchev–Trinajstić information content (AvgIpc) is 2.87. The molecule has 0 amide bonds. The first-order chi connectivity index (χ1) is 11.0. The van der Waals surface area contributed by atoms with Gasteiger partial charge in [-0.15, -0.1) is 5.10 Å². The van der Waals surface area contributed by atoms with Crippen LogP contribution >= 0.6 is 47.0 Å². The van der Waals surface area contributed by atoms with E-state index in [-0.39, 0.29) is 4.84 Å². The number of benzene rings is 2. The molecule has 0 aliphatic heterocycles. The van der Waals surface area contributed by atoms with E-state index in [0.717, 1.165) is 5.69 Å². The number of hydrogen-bond acceptors (Lipinski definition) is 4. The number of anilines is 1. The first-order valence-electron chi connectivity index (χ1n) is 6.56. The highest BCUT2D eigenvalue weighted by atomic mass is 35.5. The first kappa shape index (κ1) is 16.3. The van der Waals surface area contributed by atoms with Gasteiger partial charge in [-0.1, -0.05) is 34.8 Å². The molecule has 1 heterocycles. The summed E-state index contributed by atoms with van der Waals surface area (Å²) in [5.41, 5.74) is 1.53. The Morgan fingerprint density at radius 1 is 1.04 bits per heavy atom. The van der Waals surface area contributed by atoms with Crippen LogP contribution in [0.3, 0.4) is 0 Å². The molecule has 3 rings (SSSR count). The van der Waals surface area contributed by atoms with Gasteiger partial charge in [0.2, 0.25) is 5.89 Å². The second-order valence-corrected chi connectivity index (χ2v) is 6.27. The molecule has 0 saturated carbocycles. The van der Waals surface area contributed by atoms with Crippen molar-refractivity contribution in [2.24, 2.45) is 0 Å². The van der Waals surface area contributed by atoms with E-state index in [1.54, 1.807) is 30.3 Å². The average molecular weight is 387 g/mol. The topological polar surface area (TPSA) is 43.0 Å². The minimum atomic E-state index is 0.243. The lowest BCUT2D eigenvalue weighted by molar-refractivity contribution is 0.522. The molecule has 0 fully saturated rings. The Hall–Kier alpha value is -1.53. The van der Waals surface area contributed by atoms with Crippen LogP contribution in [0.2, 0.25) is 15.1 Å². The predicted molar refractivity (Wildman–Crippen MR) is 95.9 cm³/mol. The largest absolute Gasteiger partial charge is 0.409 e. The third-order valence-electron chi connectivity index (χ3n) is 3.04. The highest BCUT2D eigenvalue weighted by molar-refractivity contribution is 7.71. The summed E-state index contributed by atoms with van der Waals surface area (Å²) in [6, 6.07) is 12.4. The van der Waals surface area contributed by atoms with Gasteiger partial charge in [-0.05, 0) is 54.7 Å². The van der Waals surface area contributed by atoms with Crippen molar-refractivity contribution >= 4 is 52.7 Å². The summed E-state index contributed by atoms with van der Waals surface area (Å²) in [6.07, 6.45) is 0. The molecule has 0 bridgehead atoms. The lowest BCUT2D eigenvalue weighted by Crippen LogP contribution is -2.09. The number of rotatable bonds is 4. The highest BCUT2D eigenvalue weighted by Crippen LogP contribution is 2.29. The number of nitrogens with one attached hydrogen (secondary N) is 1. The Bertz CT molecular complexity index is 890. The van der Waals surface area contributed by atoms with Gasteiger partial charge in [-0.2, -0.15) is 0 Å². The fourth-order valence-electron chi connectivity index (χ4n) is 1.91. The standard InChI is InChI=1S/C15H10Cl3N3OS/c16-9-1-4-11(5-2-9)19-8-21-15(23)22-14(20-21)12-6-3-10(17)7-13(12)18/h1-7,19H,8H2. The maximum atomic E-state index is 6.16. The summed E-state index contributed by atoms with van der Waals surface area (Å²) >= 11 is 23.1. The van der Waals surface area contributed by atoms with E-state index in [0.29, 0.717) is 33.2 Å². The molecule has 0 radical (unpaired) electrons. The second kappa shape index (κ2) is 6.93. The minimum Gasteiger partial charge on any atom is -0.409 e. The van der Waals surface area contributed by atoms with Crippen molar-refractivity contribution in [3.8, 4) is 11.5 Å². The molecule has 0 unspecified atom stereocenters. The maximum absolute atomic E-state index is 6.16. The van der Waals surface area contributed by atoms with E-state index in [1.165, 1.54) is 4.68 Å². The van der Waals surface area contributed by atoms with Gasteiger partial charge in [0.25, 0.3) is 4.84 Å². The monoisotopic (exact) mass is 385 g/mol. The molecule has 0 aliphatic carbocycles. The molecule has 8 heteroatoms. The Morgan fingerprint density at radius 2 is 1.74 bits per heavy atom. The summed E-state index contributed by atoms with van der Waals surface area (Å²) in [5, 5.41) is 9.18. The Balaban J connectivity index is 1.81. The molecular weight excluding hydrogens is 377 g/mol. The van der Waals surface area contributed by atoms with Crippen LogP contribution in [0.25, 0.3) is 11.5 Å². The van der Waals surface area contributed by atoms with Crippen molar-refractivity contribution in [3.63, 3.8) is 0 Å². The van der Waals surface area contributed by atoms with Gasteiger partial charge in [-0.3, -0.25) is 0 Å². The van der Waals surface area contributed by atoms with E-state index in [9.17, 15) is 0 Å². The summed E-state index contributed by atoms with van der Waals surface area (Å²) in [4.78, 5) is 0.243. The summed E-state index contributed by atoms with van der Waals surface area (Å²) in [6.45, 7) is 0.356. The molecule has 3 aromatic rings. The van der Waals surface area contributed by atoms with E-state index in [1.807, 2.05) is 12.1 Å². The van der Waals surface area contributed by atoms with Crippen molar-refractivity contribution in [2.75, 3.05) is 5.32 Å². The molecule has 4 nitrogen and oxygen atoms in total. The first-order valence-corrected chi connectivity index (χ1v) is 8.10. The van der Waals surface area contributed by atoms with Crippen LogP contribution in [0.4, 0.5) is 5.69 Å². The molecule has 0 spiro atoms. The number of halogens is 3. The molecule has 118 valence electrons. The lowest BCUT2D eigenvalue weighted by atomic mass is 10.2. The van der Waals surface area contributed by atoms with Crippen LogP contribution in [0, 0.1) is 4.84 Å². The van der Waals surface area contributed by atoms with Crippen molar-refractivity contribution in [2.45, 2.75) is 6.67 Å².